The fourth-order valence-corrected chi connectivity index (χ4v) is 3.75. The minimum absolute atomic E-state index is 0.550. The van der Waals surface area contributed by atoms with Crippen molar-refractivity contribution < 1.29 is 4.74 Å². The first-order valence-electron chi connectivity index (χ1n) is 11.2. The molecule has 0 atom stereocenters. The van der Waals surface area contributed by atoms with Crippen LogP contribution in [0.25, 0.3) is 10.9 Å². The summed E-state index contributed by atoms with van der Waals surface area (Å²) in [7, 11) is 0. The Morgan fingerprint density at radius 2 is 1.43 bits per heavy atom. The van der Waals surface area contributed by atoms with E-state index < -0.39 is 0 Å². The number of anilines is 3. The van der Waals surface area contributed by atoms with Crippen LogP contribution >= 0.6 is 12.2 Å². The van der Waals surface area contributed by atoms with Gasteiger partial charge in [0.25, 0.3) is 0 Å². The van der Waals surface area contributed by atoms with Crippen LogP contribution in [0.4, 0.5) is 17.2 Å². The number of fused-ring (bicyclic) bond motifs is 1. The van der Waals surface area contributed by atoms with Gasteiger partial charge in [-0.3, -0.25) is 0 Å². The van der Waals surface area contributed by atoms with Crippen LogP contribution in [-0.2, 0) is 6.54 Å². The lowest BCUT2D eigenvalue weighted by Gasteiger charge is -2.13. The molecule has 4 aromatic carbocycles. The maximum Gasteiger partial charge on any atom is 0.171 e. The van der Waals surface area contributed by atoms with E-state index in [2.05, 4.69) is 38.1 Å². The van der Waals surface area contributed by atoms with Gasteiger partial charge in [0.1, 0.15) is 23.6 Å². The van der Waals surface area contributed by atoms with Crippen molar-refractivity contribution in [1.29, 1.82) is 0 Å². The van der Waals surface area contributed by atoms with Crippen molar-refractivity contribution in [1.82, 2.24) is 15.3 Å². The molecule has 0 unspecified atom stereocenters. The Balaban J connectivity index is 1.27. The highest BCUT2D eigenvalue weighted by Gasteiger charge is 2.07. The third kappa shape index (κ3) is 5.90. The van der Waals surface area contributed by atoms with Crippen LogP contribution in [-0.4, -0.2) is 15.1 Å². The second-order valence-electron chi connectivity index (χ2n) is 7.81. The van der Waals surface area contributed by atoms with E-state index in [9.17, 15) is 0 Å². The molecular weight excluding hydrogens is 454 g/mol. The van der Waals surface area contributed by atoms with Crippen LogP contribution in [0.15, 0.2) is 109 Å². The van der Waals surface area contributed by atoms with Gasteiger partial charge in [-0.1, -0.05) is 48.5 Å². The van der Waals surface area contributed by atoms with Crippen LogP contribution in [0.5, 0.6) is 11.5 Å². The molecule has 0 aliphatic rings. The van der Waals surface area contributed by atoms with Crippen LogP contribution in [0, 0.1) is 0 Å². The number of benzene rings is 4. The van der Waals surface area contributed by atoms with Gasteiger partial charge in [-0.15, -0.1) is 0 Å². The quantitative estimate of drug-likeness (QED) is 0.227. The van der Waals surface area contributed by atoms with Gasteiger partial charge in [-0.05, 0) is 72.4 Å². The van der Waals surface area contributed by atoms with E-state index in [1.54, 1.807) is 6.33 Å². The summed E-state index contributed by atoms with van der Waals surface area (Å²) in [5, 5.41) is 11.3. The summed E-state index contributed by atoms with van der Waals surface area (Å²) < 4.78 is 5.87. The molecule has 35 heavy (non-hydrogen) atoms. The summed E-state index contributed by atoms with van der Waals surface area (Å²) in [6.07, 6.45) is 1.55. The summed E-state index contributed by atoms with van der Waals surface area (Å²) in [5.41, 5.74) is 3.74. The average Bonchev–Trinajstić information content (AvgIpc) is 2.90. The highest BCUT2D eigenvalue weighted by Crippen LogP contribution is 2.28. The smallest absolute Gasteiger partial charge is 0.171 e. The zero-order valence-electron chi connectivity index (χ0n) is 18.8. The number of nitrogens with zero attached hydrogens (tertiary/aromatic N) is 2. The molecular formula is C28H23N5OS. The maximum absolute atomic E-state index is 5.87. The lowest BCUT2D eigenvalue weighted by atomic mass is 10.2. The van der Waals surface area contributed by atoms with Gasteiger partial charge in [0.15, 0.2) is 5.11 Å². The van der Waals surface area contributed by atoms with Gasteiger partial charge in [0.05, 0.1) is 5.52 Å². The zero-order chi connectivity index (χ0) is 23.9. The van der Waals surface area contributed by atoms with Crippen molar-refractivity contribution in [3.05, 3.63) is 115 Å². The average molecular weight is 478 g/mol. The Morgan fingerprint density at radius 3 is 2.20 bits per heavy atom. The van der Waals surface area contributed by atoms with E-state index in [1.165, 1.54) is 0 Å². The Bertz CT molecular complexity index is 1430. The van der Waals surface area contributed by atoms with Crippen LogP contribution in [0.2, 0.25) is 0 Å². The molecule has 0 saturated carbocycles. The topological polar surface area (TPSA) is 71.1 Å². The van der Waals surface area contributed by atoms with Crippen molar-refractivity contribution in [2.45, 2.75) is 6.54 Å². The van der Waals surface area contributed by atoms with Gasteiger partial charge in [-0.25, -0.2) is 9.97 Å². The molecule has 5 rings (SSSR count). The summed E-state index contributed by atoms with van der Waals surface area (Å²) in [4.78, 5) is 8.85. The second kappa shape index (κ2) is 10.6. The Hall–Kier alpha value is -4.49. The van der Waals surface area contributed by atoms with Gasteiger partial charge in [0.2, 0.25) is 0 Å². The molecule has 0 bridgehead atoms. The van der Waals surface area contributed by atoms with Gasteiger partial charge < -0.3 is 20.7 Å². The molecule has 0 aliphatic carbocycles. The summed E-state index contributed by atoms with van der Waals surface area (Å²) in [5.74, 6) is 2.27. The first kappa shape index (κ1) is 22.3. The van der Waals surface area contributed by atoms with Crippen LogP contribution < -0.4 is 20.7 Å². The summed E-state index contributed by atoms with van der Waals surface area (Å²) in [6.45, 7) is 0.653. The van der Waals surface area contributed by atoms with E-state index in [4.69, 9.17) is 17.0 Å². The molecule has 0 aliphatic heterocycles. The number of rotatable bonds is 7. The van der Waals surface area contributed by atoms with Crippen molar-refractivity contribution in [3.8, 4) is 11.5 Å². The van der Waals surface area contributed by atoms with E-state index >= 15 is 0 Å². The molecule has 0 spiro atoms. The van der Waals surface area contributed by atoms with E-state index in [1.807, 2.05) is 91.0 Å². The highest BCUT2D eigenvalue weighted by atomic mass is 32.1. The molecule has 7 heteroatoms. The van der Waals surface area contributed by atoms with Crippen LogP contribution in [0.3, 0.4) is 0 Å². The van der Waals surface area contributed by atoms with Gasteiger partial charge in [-0.2, -0.15) is 0 Å². The first-order chi connectivity index (χ1) is 17.2. The SMILES string of the molecule is S=C(NCc1ccccc1)Nc1ccc2ncnc(Nc3ccc(Oc4ccccc4)cc3)c2c1. The molecule has 5 aromatic rings. The van der Waals surface area contributed by atoms with Crippen molar-refractivity contribution >= 4 is 45.4 Å². The molecule has 172 valence electrons. The molecule has 1 heterocycles. The maximum atomic E-state index is 5.87. The fourth-order valence-electron chi connectivity index (χ4n) is 3.56. The Kier molecular flexibility index (Phi) is 6.77. The molecule has 0 radical (unpaired) electrons. The predicted octanol–water partition coefficient (Wildman–Crippen LogP) is 6.65. The van der Waals surface area contributed by atoms with Crippen LogP contribution in [0.1, 0.15) is 5.56 Å². The lowest BCUT2D eigenvalue weighted by Crippen LogP contribution is -2.27. The van der Waals surface area contributed by atoms with Crippen molar-refractivity contribution in [2.75, 3.05) is 10.6 Å². The summed E-state index contributed by atoms with van der Waals surface area (Å²) in [6, 6.07) is 33.5. The van der Waals surface area contributed by atoms with Gasteiger partial charge >= 0.3 is 0 Å². The minimum atomic E-state index is 0.550. The highest BCUT2D eigenvalue weighted by molar-refractivity contribution is 7.80. The number of ether oxygens (including phenoxy) is 1. The van der Waals surface area contributed by atoms with Crippen molar-refractivity contribution in [3.63, 3.8) is 0 Å². The zero-order valence-corrected chi connectivity index (χ0v) is 19.6. The number of nitrogens with one attached hydrogen (secondary N) is 3. The molecule has 0 fully saturated rings. The molecule has 1 aromatic heterocycles. The third-order valence-corrected chi connectivity index (χ3v) is 5.53. The number of aromatic nitrogens is 2. The largest absolute Gasteiger partial charge is 0.457 e. The normalized spacial score (nSPS) is 10.5. The first-order valence-corrected chi connectivity index (χ1v) is 11.6. The number of hydrogen-bond donors (Lipinski definition) is 3. The molecule has 3 N–H and O–H groups in total. The molecule has 0 amide bonds. The predicted molar refractivity (Wildman–Crippen MR) is 145 cm³/mol. The molecule has 0 saturated heterocycles. The van der Waals surface area contributed by atoms with E-state index in [0.29, 0.717) is 17.5 Å². The Morgan fingerprint density at radius 1 is 0.743 bits per heavy atom. The monoisotopic (exact) mass is 477 g/mol. The standard InChI is InChI=1S/C28H23N5OS/c35-28(29-18-20-7-3-1-4-8-20)33-22-13-16-26-25(17-22)27(31-19-30-26)32-21-11-14-24(15-12-21)34-23-9-5-2-6-10-23/h1-17,19H,18H2,(H2,29,33,35)(H,30,31,32). The fraction of sp³-hybridized carbons (Fsp3) is 0.0357. The number of hydrogen-bond acceptors (Lipinski definition) is 5. The number of para-hydroxylation sites is 1. The summed E-state index contributed by atoms with van der Waals surface area (Å²) >= 11 is 5.47. The third-order valence-electron chi connectivity index (χ3n) is 5.29. The van der Waals surface area contributed by atoms with E-state index in [0.717, 1.165) is 39.3 Å². The lowest BCUT2D eigenvalue weighted by molar-refractivity contribution is 0.483. The second-order valence-corrected chi connectivity index (χ2v) is 8.22. The Labute approximate surface area is 209 Å². The van der Waals surface area contributed by atoms with Gasteiger partial charge in [0, 0.05) is 23.3 Å². The molecule has 6 nitrogen and oxygen atoms in total. The van der Waals surface area contributed by atoms with Crippen molar-refractivity contribution in [2.24, 2.45) is 0 Å². The number of thiocarbonyl (C=S) groups is 1. The minimum Gasteiger partial charge on any atom is -0.457 e. The van der Waals surface area contributed by atoms with E-state index in [-0.39, 0.29) is 0 Å².